The molecule has 2 atom stereocenters. The zero-order valence-corrected chi connectivity index (χ0v) is 11.8. The van der Waals surface area contributed by atoms with Crippen molar-refractivity contribution in [1.29, 1.82) is 0 Å². The van der Waals surface area contributed by atoms with Crippen molar-refractivity contribution in [2.45, 2.75) is 39.3 Å². The van der Waals surface area contributed by atoms with E-state index in [9.17, 15) is 0 Å². The first-order chi connectivity index (χ1) is 8.71. The molecule has 1 N–H and O–H groups in total. The Labute approximate surface area is 110 Å². The summed E-state index contributed by atoms with van der Waals surface area (Å²) in [6.45, 7) is 7.72. The van der Waals surface area contributed by atoms with E-state index in [1.807, 2.05) is 19.2 Å². The average molecular weight is 252 g/mol. The van der Waals surface area contributed by atoms with Gasteiger partial charge in [0.05, 0.1) is 18.9 Å². The summed E-state index contributed by atoms with van der Waals surface area (Å²) in [6.07, 6.45) is 4.76. The molecule has 1 rings (SSSR count). The van der Waals surface area contributed by atoms with Crippen LogP contribution >= 0.6 is 0 Å². The van der Waals surface area contributed by atoms with Crippen molar-refractivity contribution in [3.8, 4) is 5.75 Å². The first-order valence-electron chi connectivity index (χ1n) is 6.55. The minimum Gasteiger partial charge on any atom is -0.492 e. The number of pyridine rings is 1. The zero-order chi connectivity index (χ0) is 13.4. The second-order valence-electron chi connectivity index (χ2n) is 4.28. The zero-order valence-electron chi connectivity index (χ0n) is 11.8. The molecular weight excluding hydrogens is 228 g/mol. The van der Waals surface area contributed by atoms with Crippen molar-refractivity contribution in [1.82, 2.24) is 10.3 Å². The van der Waals surface area contributed by atoms with Gasteiger partial charge in [-0.15, -0.1) is 0 Å². The number of ether oxygens (including phenoxy) is 2. The van der Waals surface area contributed by atoms with Crippen molar-refractivity contribution < 1.29 is 9.47 Å². The maximum absolute atomic E-state index is 5.48. The summed E-state index contributed by atoms with van der Waals surface area (Å²) in [5.74, 6) is 0.822. The molecule has 0 fully saturated rings. The number of methoxy groups -OCH3 is 1. The van der Waals surface area contributed by atoms with Crippen LogP contribution in [0.25, 0.3) is 0 Å². The van der Waals surface area contributed by atoms with Crippen LogP contribution in [-0.2, 0) is 4.74 Å². The third-order valence-corrected chi connectivity index (χ3v) is 2.87. The number of hydrogen-bond donors (Lipinski definition) is 1. The quantitative estimate of drug-likeness (QED) is 0.772. The molecule has 0 radical (unpaired) electrons. The number of rotatable bonds is 8. The fourth-order valence-electron chi connectivity index (χ4n) is 1.88. The van der Waals surface area contributed by atoms with Crippen LogP contribution in [0.1, 0.15) is 38.8 Å². The van der Waals surface area contributed by atoms with Gasteiger partial charge in [0.2, 0.25) is 0 Å². The molecule has 2 unspecified atom stereocenters. The summed E-state index contributed by atoms with van der Waals surface area (Å²) < 4.78 is 10.8. The van der Waals surface area contributed by atoms with Gasteiger partial charge in [0.15, 0.2) is 0 Å². The van der Waals surface area contributed by atoms with Gasteiger partial charge in [-0.25, -0.2) is 0 Å². The lowest BCUT2D eigenvalue weighted by molar-refractivity contribution is 0.100. The normalized spacial score (nSPS) is 14.2. The first kappa shape index (κ1) is 14.9. The van der Waals surface area contributed by atoms with E-state index in [2.05, 4.69) is 24.1 Å². The van der Waals surface area contributed by atoms with Gasteiger partial charge in [0.25, 0.3) is 0 Å². The molecule has 4 nitrogen and oxygen atoms in total. The molecule has 0 aromatic carbocycles. The van der Waals surface area contributed by atoms with E-state index in [1.54, 1.807) is 13.3 Å². The summed E-state index contributed by atoms with van der Waals surface area (Å²) in [7, 11) is 1.74. The van der Waals surface area contributed by atoms with Gasteiger partial charge in [0.1, 0.15) is 5.75 Å². The van der Waals surface area contributed by atoms with E-state index in [0.717, 1.165) is 24.3 Å². The Morgan fingerprint density at radius 2 is 2.11 bits per heavy atom. The predicted molar refractivity (Wildman–Crippen MR) is 72.9 cm³/mol. The maximum atomic E-state index is 5.48. The average Bonchev–Trinajstić information content (AvgIpc) is 2.39. The highest BCUT2D eigenvalue weighted by atomic mass is 16.5. The lowest BCUT2D eigenvalue weighted by atomic mass is 10.0. The van der Waals surface area contributed by atoms with Crippen LogP contribution in [0.15, 0.2) is 18.5 Å². The molecule has 0 amide bonds. The molecule has 1 aromatic rings. The number of nitrogens with one attached hydrogen (secondary N) is 1. The molecular formula is C14H24N2O2. The van der Waals surface area contributed by atoms with Crippen molar-refractivity contribution in [2.24, 2.45) is 0 Å². The van der Waals surface area contributed by atoms with Gasteiger partial charge in [-0.05, 0) is 38.4 Å². The Bertz CT molecular complexity index is 344. The first-order valence-corrected chi connectivity index (χ1v) is 6.55. The standard InChI is InChI=1S/C14H24N2O2/c1-5-16-14(7-11(3)17-4)12-8-13(18-6-2)10-15-9-12/h8-11,14,16H,5-7H2,1-4H3. The van der Waals surface area contributed by atoms with Crippen LogP contribution < -0.4 is 10.1 Å². The second kappa shape index (κ2) is 8.06. The Balaban J connectivity index is 2.80. The van der Waals surface area contributed by atoms with Gasteiger partial charge in [-0.2, -0.15) is 0 Å². The van der Waals surface area contributed by atoms with E-state index >= 15 is 0 Å². The molecule has 0 aliphatic rings. The Kier molecular flexibility index (Phi) is 6.68. The minimum absolute atomic E-state index is 0.213. The van der Waals surface area contributed by atoms with Crippen molar-refractivity contribution in [3.05, 3.63) is 24.0 Å². The van der Waals surface area contributed by atoms with E-state index in [1.165, 1.54) is 0 Å². The van der Waals surface area contributed by atoms with E-state index in [-0.39, 0.29) is 12.1 Å². The summed E-state index contributed by atoms with van der Waals surface area (Å²) in [5, 5.41) is 3.46. The highest BCUT2D eigenvalue weighted by Gasteiger charge is 2.15. The van der Waals surface area contributed by atoms with Gasteiger partial charge < -0.3 is 14.8 Å². The number of nitrogens with zero attached hydrogens (tertiary/aromatic N) is 1. The molecule has 1 aromatic heterocycles. The molecule has 0 saturated heterocycles. The number of aromatic nitrogens is 1. The molecule has 18 heavy (non-hydrogen) atoms. The molecule has 102 valence electrons. The van der Waals surface area contributed by atoms with E-state index in [4.69, 9.17) is 9.47 Å². The van der Waals surface area contributed by atoms with Crippen LogP contribution in [0.4, 0.5) is 0 Å². The molecule has 0 aliphatic heterocycles. The topological polar surface area (TPSA) is 43.4 Å². The van der Waals surface area contributed by atoms with E-state index in [0.29, 0.717) is 6.61 Å². The van der Waals surface area contributed by atoms with Gasteiger partial charge in [-0.1, -0.05) is 6.92 Å². The summed E-state index contributed by atoms with van der Waals surface area (Å²) in [6, 6.07) is 2.30. The van der Waals surface area contributed by atoms with Gasteiger partial charge in [-0.3, -0.25) is 4.98 Å². The summed E-state index contributed by atoms with van der Waals surface area (Å²) >= 11 is 0. The molecule has 1 heterocycles. The monoisotopic (exact) mass is 252 g/mol. The number of hydrogen-bond acceptors (Lipinski definition) is 4. The molecule has 0 aliphatic carbocycles. The predicted octanol–water partition coefficient (Wildman–Crippen LogP) is 2.56. The Hall–Kier alpha value is -1.13. The lowest BCUT2D eigenvalue weighted by Gasteiger charge is -2.21. The van der Waals surface area contributed by atoms with Crippen LogP contribution in [0, 0.1) is 0 Å². The summed E-state index contributed by atoms with van der Waals surface area (Å²) in [5.41, 5.74) is 1.15. The third-order valence-electron chi connectivity index (χ3n) is 2.87. The summed E-state index contributed by atoms with van der Waals surface area (Å²) in [4.78, 5) is 4.23. The molecule has 0 bridgehead atoms. The third kappa shape index (κ3) is 4.63. The van der Waals surface area contributed by atoms with Crippen LogP contribution in [0.3, 0.4) is 0 Å². The van der Waals surface area contributed by atoms with Crippen LogP contribution in [0.2, 0.25) is 0 Å². The van der Waals surface area contributed by atoms with Crippen molar-refractivity contribution >= 4 is 0 Å². The van der Waals surface area contributed by atoms with E-state index < -0.39 is 0 Å². The van der Waals surface area contributed by atoms with Crippen molar-refractivity contribution in [2.75, 3.05) is 20.3 Å². The fraction of sp³-hybridized carbons (Fsp3) is 0.643. The highest BCUT2D eigenvalue weighted by molar-refractivity contribution is 5.26. The molecule has 0 saturated carbocycles. The SMILES string of the molecule is CCNC(CC(C)OC)c1cncc(OCC)c1. The Morgan fingerprint density at radius 1 is 1.33 bits per heavy atom. The van der Waals surface area contributed by atoms with Crippen molar-refractivity contribution in [3.63, 3.8) is 0 Å². The molecule has 0 spiro atoms. The largest absolute Gasteiger partial charge is 0.492 e. The van der Waals surface area contributed by atoms with Crippen LogP contribution in [0.5, 0.6) is 5.75 Å². The second-order valence-corrected chi connectivity index (χ2v) is 4.28. The fourth-order valence-corrected chi connectivity index (χ4v) is 1.88. The Morgan fingerprint density at radius 3 is 2.72 bits per heavy atom. The lowest BCUT2D eigenvalue weighted by Crippen LogP contribution is -2.25. The molecule has 4 heteroatoms. The van der Waals surface area contributed by atoms with Gasteiger partial charge in [0, 0.05) is 19.3 Å². The minimum atomic E-state index is 0.213. The van der Waals surface area contributed by atoms with Gasteiger partial charge >= 0.3 is 0 Å². The van der Waals surface area contributed by atoms with Crippen LogP contribution in [-0.4, -0.2) is 31.3 Å². The maximum Gasteiger partial charge on any atom is 0.137 e. The highest BCUT2D eigenvalue weighted by Crippen LogP contribution is 2.22. The smallest absolute Gasteiger partial charge is 0.137 e.